The molecule has 112 valence electrons. The Morgan fingerprint density at radius 1 is 1.19 bits per heavy atom. The Bertz CT molecular complexity index is 603. The van der Waals surface area contributed by atoms with Crippen molar-refractivity contribution in [1.82, 2.24) is 5.32 Å². The number of benzene rings is 2. The van der Waals surface area contributed by atoms with Crippen LogP contribution in [0.15, 0.2) is 42.5 Å². The molecule has 2 rings (SSSR count). The van der Waals surface area contributed by atoms with Crippen LogP contribution in [0.1, 0.15) is 30.5 Å². The summed E-state index contributed by atoms with van der Waals surface area (Å²) < 4.78 is 6.47. The maximum atomic E-state index is 6.46. The molecule has 0 fully saturated rings. The standard InChI is InChI=1S/C17H19ClINO/c1-3-10-20-17(14-6-4-5-7-16(14)19)13-9-8-12(21-2)11-15(13)18/h4-9,11,17,20H,3,10H2,1-2H3. The summed E-state index contributed by atoms with van der Waals surface area (Å²) in [7, 11) is 1.65. The lowest BCUT2D eigenvalue weighted by molar-refractivity contribution is 0.414. The average Bonchev–Trinajstić information content (AvgIpc) is 2.50. The molecule has 0 spiro atoms. The Labute approximate surface area is 145 Å². The summed E-state index contributed by atoms with van der Waals surface area (Å²) in [6.45, 7) is 3.10. The third kappa shape index (κ3) is 4.11. The molecule has 0 aliphatic heterocycles. The second-order valence-electron chi connectivity index (χ2n) is 4.80. The number of hydrogen-bond donors (Lipinski definition) is 1. The molecule has 2 nitrogen and oxygen atoms in total. The molecule has 1 N–H and O–H groups in total. The fourth-order valence-corrected chi connectivity index (χ4v) is 3.23. The lowest BCUT2D eigenvalue weighted by Gasteiger charge is -2.22. The van der Waals surface area contributed by atoms with Crippen LogP contribution in [0, 0.1) is 3.57 Å². The van der Waals surface area contributed by atoms with Crippen molar-refractivity contribution in [3.63, 3.8) is 0 Å². The molecular formula is C17H19ClINO. The monoisotopic (exact) mass is 415 g/mol. The van der Waals surface area contributed by atoms with Crippen molar-refractivity contribution in [2.45, 2.75) is 19.4 Å². The number of hydrogen-bond acceptors (Lipinski definition) is 2. The van der Waals surface area contributed by atoms with E-state index in [1.165, 1.54) is 9.13 Å². The molecule has 0 radical (unpaired) electrons. The SMILES string of the molecule is CCCNC(c1ccc(OC)cc1Cl)c1ccccc1I. The molecule has 1 unspecified atom stereocenters. The van der Waals surface area contributed by atoms with Gasteiger partial charge in [0.1, 0.15) is 5.75 Å². The van der Waals surface area contributed by atoms with Crippen LogP contribution in [-0.2, 0) is 0 Å². The molecule has 0 aromatic heterocycles. The minimum Gasteiger partial charge on any atom is -0.497 e. The van der Waals surface area contributed by atoms with E-state index in [2.05, 4.69) is 59.1 Å². The number of halogens is 2. The lowest BCUT2D eigenvalue weighted by Crippen LogP contribution is -2.24. The highest BCUT2D eigenvalue weighted by Gasteiger charge is 2.18. The average molecular weight is 416 g/mol. The number of rotatable bonds is 6. The second kappa shape index (κ2) is 8.01. The lowest BCUT2D eigenvalue weighted by atomic mass is 9.98. The van der Waals surface area contributed by atoms with E-state index in [9.17, 15) is 0 Å². The van der Waals surface area contributed by atoms with Crippen molar-refractivity contribution in [2.75, 3.05) is 13.7 Å². The topological polar surface area (TPSA) is 21.3 Å². The largest absolute Gasteiger partial charge is 0.497 e. The molecule has 0 aliphatic carbocycles. The zero-order chi connectivity index (χ0) is 15.2. The van der Waals surface area contributed by atoms with E-state index in [0.717, 1.165) is 29.3 Å². The normalized spacial score (nSPS) is 12.2. The molecule has 4 heteroatoms. The van der Waals surface area contributed by atoms with Crippen LogP contribution in [0.2, 0.25) is 5.02 Å². The van der Waals surface area contributed by atoms with Gasteiger partial charge in [-0.15, -0.1) is 0 Å². The maximum absolute atomic E-state index is 6.46. The van der Waals surface area contributed by atoms with Crippen molar-refractivity contribution in [3.05, 3.63) is 62.2 Å². The maximum Gasteiger partial charge on any atom is 0.120 e. The third-order valence-corrected chi connectivity index (χ3v) is 4.64. The summed E-state index contributed by atoms with van der Waals surface area (Å²) in [5.74, 6) is 0.778. The molecule has 2 aromatic rings. The molecule has 2 aromatic carbocycles. The van der Waals surface area contributed by atoms with Crippen molar-refractivity contribution >= 4 is 34.2 Å². The van der Waals surface area contributed by atoms with E-state index in [1.807, 2.05) is 18.2 Å². The van der Waals surface area contributed by atoms with E-state index >= 15 is 0 Å². The van der Waals surface area contributed by atoms with Crippen LogP contribution in [0.5, 0.6) is 5.75 Å². The van der Waals surface area contributed by atoms with Gasteiger partial charge in [-0.05, 0) is 64.9 Å². The van der Waals surface area contributed by atoms with E-state index in [-0.39, 0.29) is 6.04 Å². The Morgan fingerprint density at radius 3 is 2.57 bits per heavy atom. The first-order valence-electron chi connectivity index (χ1n) is 6.98. The highest BCUT2D eigenvalue weighted by atomic mass is 127. The Hall–Kier alpha value is -0.780. The molecule has 21 heavy (non-hydrogen) atoms. The van der Waals surface area contributed by atoms with Crippen LogP contribution in [-0.4, -0.2) is 13.7 Å². The van der Waals surface area contributed by atoms with Gasteiger partial charge >= 0.3 is 0 Å². The van der Waals surface area contributed by atoms with Gasteiger partial charge in [-0.25, -0.2) is 0 Å². The molecule has 0 amide bonds. The summed E-state index contributed by atoms with van der Waals surface area (Å²) in [4.78, 5) is 0. The van der Waals surface area contributed by atoms with E-state index in [0.29, 0.717) is 0 Å². The van der Waals surface area contributed by atoms with E-state index < -0.39 is 0 Å². The quantitative estimate of drug-likeness (QED) is 0.667. The van der Waals surface area contributed by atoms with E-state index in [1.54, 1.807) is 7.11 Å². The number of methoxy groups -OCH3 is 1. The molecular weight excluding hydrogens is 397 g/mol. The van der Waals surface area contributed by atoms with Gasteiger partial charge in [0.2, 0.25) is 0 Å². The smallest absolute Gasteiger partial charge is 0.120 e. The van der Waals surface area contributed by atoms with Crippen molar-refractivity contribution in [1.29, 1.82) is 0 Å². The summed E-state index contributed by atoms with van der Waals surface area (Å²) >= 11 is 8.83. The van der Waals surface area contributed by atoms with Gasteiger partial charge < -0.3 is 10.1 Å². The minimum absolute atomic E-state index is 0.0939. The predicted octanol–water partition coefficient (Wildman–Crippen LogP) is 5.04. The fourth-order valence-electron chi connectivity index (χ4n) is 2.25. The van der Waals surface area contributed by atoms with Gasteiger partial charge in [0.15, 0.2) is 0 Å². The summed E-state index contributed by atoms with van der Waals surface area (Å²) in [5, 5.41) is 4.32. The number of nitrogens with one attached hydrogen (secondary N) is 1. The molecule has 0 bridgehead atoms. The van der Waals surface area contributed by atoms with Gasteiger partial charge in [0, 0.05) is 8.59 Å². The summed E-state index contributed by atoms with van der Waals surface area (Å²) in [5.41, 5.74) is 2.33. The van der Waals surface area contributed by atoms with Gasteiger partial charge in [-0.3, -0.25) is 0 Å². The van der Waals surface area contributed by atoms with Crippen molar-refractivity contribution in [2.24, 2.45) is 0 Å². The van der Waals surface area contributed by atoms with Crippen LogP contribution in [0.4, 0.5) is 0 Å². The molecule has 0 aliphatic rings. The Balaban J connectivity index is 2.43. The van der Waals surface area contributed by atoms with Gasteiger partial charge in [-0.1, -0.05) is 42.8 Å². The molecule has 1 atom stereocenters. The Morgan fingerprint density at radius 2 is 1.95 bits per heavy atom. The zero-order valence-electron chi connectivity index (χ0n) is 12.2. The first-order valence-corrected chi connectivity index (χ1v) is 8.44. The van der Waals surface area contributed by atoms with Crippen LogP contribution >= 0.6 is 34.2 Å². The summed E-state index contributed by atoms with van der Waals surface area (Å²) in [6, 6.07) is 14.3. The predicted molar refractivity (Wildman–Crippen MR) is 97.3 cm³/mol. The zero-order valence-corrected chi connectivity index (χ0v) is 15.1. The van der Waals surface area contributed by atoms with Gasteiger partial charge in [0.05, 0.1) is 13.2 Å². The number of ether oxygens (including phenoxy) is 1. The fraction of sp³-hybridized carbons (Fsp3) is 0.294. The first kappa shape index (κ1) is 16.6. The highest BCUT2D eigenvalue weighted by Crippen LogP contribution is 2.33. The van der Waals surface area contributed by atoms with Crippen molar-refractivity contribution < 1.29 is 4.74 Å². The Kier molecular flexibility index (Phi) is 6.33. The highest BCUT2D eigenvalue weighted by molar-refractivity contribution is 14.1. The van der Waals surface area contributed by atoms with Crippen molar-refractivity contribution in [3.8, 4) is 5.75 Å². The third-order valence-electron chi connectivity index (χ3n) is 3.33. The van der Waals surface area contributed by atoms with Crippen LogP contribution in [0.25, 0.3) is 0 Å². The minimum atomic E-state index is 0.0939. The molecule has 0 saturated heterocycles. The van der Waals surface area contributed by atoms with Crippen LogP contribution < -0.4 is 10.1 Å². The molecule has 0 saturated carbocycles. The van der Waals surface area contributed by atoms with E-state index in [4.69, 9.17) is 16.3 Å². The van der Waals surface area contributed by atoms with Crippen LogP contribution in [0.3, 0.4) is 0 Å². The summed E-state index contributed by atoms with van der Waals surface area (Å²) in [6.07, 6.45) is 1.08. The van der Waals surface area contributed by atoms with Gasteiger partial charge in [-0.2, -0.15) is 0 Å². The van der Waals surface area contributed by atoms with Gasteiger partial charge in [0.25, 0.3) is 0 Å². The molecule has 0 heterocycles. The second-order valence-corrected chi connectivity index (χ2v) is 6.37. The first-order chi connectivity index (χ1) is 10.2.